The van der Waals surface area contributed by atoms with Crippen molar-refractivity contribution in [3.05, 3.63) is 59.7 Å². The Morgan fingerprint density at radius 3 is 2.30 bits per heavy atom. The third kappa shape index (κ3) is 5.58. The van der Waals surface area contributed by atoms with Crippen molar-refractivity contribution in [2.75, 3.05) is 20.3 Å². The largest absolute Gasteiger partial charge is 0.497 e. The van der Waals surface area contributed by atoms with E-state index in [2.05, 4.69) is 4.72 Å². The zero-order chi connectivity index (χ0) is 16.7. The van der Waals surface area contributed by atoms with Crippen molar-refractivity contribution >= 4 is 10.0 Å². The summed E-state index contributed by atoms with van der Waals surface area (Å²) >= 11 is 0. The Hall–Kier alpha value is -2.05. The van der Waals surface area contributed by atoms with Gasteiger partial charge in [0.15, 0.2) is 0 Å². The van der Waals surface area contributed by atoms with Crippen LogP contribution in [-0.2, 0) is 15.8 Å². The summed E-state index contributed by atoms with van der Waals surface area (Å²) in [7, 11) is -1.78. The number of nitrogens with one attached hydrogen (secondary N) is 1. The van der Waals surface area contributed by atoms with Crippen LogP contribution in [0.3, 0.4) is 0 Å². The number of hydrogen-bond donors (Lipinski definition) is 1. The van der Waals surface area contributed by atoms with Crippen LogP contribution in [0.5, 0.6) is 11.5 Å². The molecule has 0 bridgehead atoms. The topological polar surface area (TPSA) is 64.6 Å². The van der Waals surface area contributed by atoms with Crippen LogP contribution in [0.2, 0.25) is 0 Å². The highest BCUT2D eigenvalue weighted by Crippen LogP contribution is 2.16. The van der Waals surface area contributed by atoms with Crippen LogP contribution in [0.15, 0.2) is 48.5 Å². The molecule has 0 aliphatic heterocycles. The minimum absolute atomic E-state index is 0.0256. The van der Waals surface area contributed by atoms with Gasteiger partial charge in [-0.15, -0.1) is 0 Å². The van der Waals surface area contributed by atoms with Gasteiger partial charge in [0.1, 0.15) is 18.1 Å². The van der Waals surface area contributed by atoms with E-state index in [4.69, 9.17) is 9.47 Å². The lowest BCUT2D eigenvalue weighted by Gasteiger charge is -2.10. The molecule has 0 saturated heterocycles. The average molecular weight is 335 g/mol. The Balaban J connectivity index is 1.79. The second-order valence-electron chi connectivity index (χ2n) is 5.10. The molecular weight excluding hydrogens is 314 g/mol. The first-order chi connectivity index (χ1) is 11.0. The van der Waals surface area contributed by atoms with E-state index >= 15 is 0 Å². The third-order valence-electron chi connectivity index (χ3n) is 3.36. The Kier molecular flexibility index (Phi) is 6.01. The average Bonchev–Trinajstić information content (AvgIpc) is 2.54. The molecule has 0 spiro atoms. The summed E-state index contributed by atoms with van der Waals surface area (Å²) in [6.07, 6.45) is 0. The fourth-order valence-corrected chi connectivity index (χ4v) is 3.30. The molecule has 2 aromatic carbocycles. The van der Waals surface area contributed by atoms with Crippen molar-refractivity contribution in [3.8, 4) is 11.5 Å². The molecule has 0 aliphatic carbocycles. The molecule has 0 aliphatic rings. The third-order valence-corrected chi connectivity index (χ3v) is 4.69. The van der Waals surface area contributed by atoms with Gasteiger partial charge in [0.2, 0.25) is 10.0 Å². The number of aryl methyl sites for hydroxylation is 1. The Morgan fingerprint density at radius 1 is 1.00 bits per heavy atom. The monoisotopic (exact) mass is 335 g/mol. The van der Waals surface area contributed by atoms with Gasteiger partial charge in [-0.25, -0.2) is 13.1 Å². The smallest absolute Gasteiger partial charge is 0.215 e. The highest BCUT2D eigenvalue weighted by molar-refractivity contribution is 7.88. The predicted octanol–water partition coefficient (Wildman–Crippen LogP) is 2.50. The van der Waals surface area contributed by atoms with Crippen molar-refractivity contribution in [2.45, 2.75) is 12.7 Å². The highest BCUT2D eigenvalue weighted by atomic mass is 32.2. The second kappa shape index (κ2) is 7.99. The maximum absolute atomic E-state index is 12.1. The molecule has 0 atom stereocenters. The zero-order valence-electron chi connectivity index (χ0n) is 13.3. The van der Waals surface area contributed by atoms with E-state index in [0.717, 1.165) is 16.9 Å². The first kappa shape index (κ1) is 17.3. The molecule has 2 aromatic rings. The number of rotatable bonds is 8. The molecule has 23 heavy (non-hydrogen) atoms. The first-order valence-corrected chi connectivity index (χ1v) is 8.94. The highest BCUT2D eigenvalue weighted by Gasteiger charge is 2.12. The van der Waals surface area contributed by atoms with E-state index in [9.17, 15) is 8.42 Å². The lowest BCUT2D eigenvalue weighted by atomic mass is 10.1. The maximum atomic E-state index is 12.1. The Labute approximate surface area is 137 Å². The van der Waals surface area contributed by atoms with Gasteiger partial charge in [0.25, 0.3) is 0 Å². The number of sulfonamides is 1. The fraction of sp³-hybridized carbons (Fsp3) is 0.294. The minimum Gasteiger partial charge on any atom is -0.497 e. The van der Waals surface area contributed by atoms with Crippen molar-refractivity contribution in [1.29, 1.82) is 0 Å². The number of hydrogen-bond acceptors (Lipinski definition) is 4. The molecule has 0 radical (unpaired) electrons. The van der Waals surface area contributed by atoms with E-state index in [1.807, 2.05) is 31.2 Å². The van der Waals surface area contributed by atoms with Gasteiger partial charge >= 0.3 is 0 Å². The summed E-state index contributed by atoms with van der Waals surface area (Å²) in [5.41, 5.74) is 1.77. The van der Waals surface area contributed by atoms with E-state index < -0.39 is 10.0 Å². The van der Waals surface area contributed by atoms with Crippen LogP contribution >= 0.6 is 0 Å². The van der Waals surface area contributed by atoms with Gasteiger partial charge in [-0.05, 0) is 42.3 Å². The number of methoxy groups -OCH3 is 1. The van der Waals surface area contributed by atoms with Crippen molar-refractivity contribution in [3.63, 3.8) is 0 Å². The van der Waals surface area contributed by atoms with Gasteiger partial charge in [-0.3, -0.25) is 0 Å². The van der Waals surface area contributed by atoms with Gasteiger partial charge in [-0.1, -0.05) is 24.3 Å². The van der Waals surface area contributed by atoms with Crippen LogP contribution in [0.25, 0.3) is 0 Å². The Morgan fingerprint density at radius 2 is 1.65 bits per heavy atom. The van der Waals surface area contributed by atoms with Crippen LogP contribution in [0.4, 0.5) is 0 Å². The molecule has 5 nitrogen and oxygen atoms in total. The lowest BCUT2D eigenvalue weighted by molar-refractivity contribution is 0.322. The van der Waals surface area contributed by atoms with E-state index in [1.54, 1.807) is 31.4 Å². The van der Waals surface area contributed by atoms with E-state index in [-0.39, 0.29) is 18.9 Å². The van der Waals surface area contributed by atoms with Crippen molar-refractivity contribution in [2.24, 2.45) is 0 Å². The maximum Gasteiger partial charge on any atom is 0.215 e. The quantitative estimate of drug-likeness (QED) is 0.753. The Bertz CT molecular complexity index is 727. The van der Waals surface area contributed by atoms with Gasteiger partial charge in [-0.2, -0.15) is 0 Å². The predicted molar refractivity (Wildman–Crippen MR) is 90.3 cm³/mol. The number of ether oxygens (including phenoxy) is 2. The molecule has 0 saturated carbocycles. The lowest BCUT2D eigenvalue weighted by Crippen LogP contribution is -2.29. The van der Waals surface area contributed by atoms with E-state index in [1.165, 1.54) is 0 Å². The molecule has 6 heteroatoms. The van der Waals surface area contributed by atoms with Crippen LogP contribution in [-0.4, -0.2) is 28.7 Å². The molecule has 0 unspecified atom stereocenters. The molecule has 1 N–H and O–H groups in total. The molecule has 0 aromatic heterocycles. The van der Waals surface area contributed by atoms with Gasteiger partial charge in [0.05, 0.1) is 12.9 Å². The van der Waals surface area contributed by atoms with Crippen LogP contribution in [0.1, 0.15) is 11.1 Å². The van der Waals surface area contributed by atoms with Gasteiger partial charge < -0.3 is 9.47 Å². The standard InChI is InChI=1S/C17H21NO4S/c1-14-5-3-4-6-15(14)13-23(19,20)18-11-12-22-17-9-7-16(21-2)8-10-17/h3-10,18H,11-13H2,1-2H3. The second-order valence-corrected chi connectivity index (χ2v) is 6.91. The summed E-state index contributed by atoms with van der Waals surface area (Å²) in [5, 5.41) is 0. The fourth-order valence-electron chi connectivity index (χ4n) is 2.07. The van der Waals surface area contributed by atoms with Crippen molar-refractivity contribution < 1.29 is 17.9 Å². The van der Waals surface area contributed by atoms with Crippen LogP contribution < -0.4 is 14.2 Å². The summed E-state index contributed by atoms with van der Waals surface area (Å²) < 4.78 is 37.2. The summed E-state index contributed by atoms with van der Waals surface area (Å²) in [6, 6.07) is 14.6. The summed E-state index contributed by atoms with van der Waals surface area (Å²) in [4.78, 5) is 0. The zero-order valence-corrected chi connectivity index (χ0v) is 14.1. The summed E-state index contributed by atoms with van der Waals surface area (Å²) in [5.74, 6) is 1.39. The molecule has 2 rings (SSSR count). The van der Waals surface area contributed by atoms with Crippen LogP contribution in [0, 0.1) is 6.92 Å². The first-order valence-electron chi connectivity index (χ1n) is 7.29. The molecular formula is C17H21NO4S. The SMILES string of the molecule is COc1ccc(OCCNS(=O)(=O)Cc2ccccc2C)cc1. The number of benzene rings is 2. The van der Waals surface area contributed by atoms with Crippen molar-refractivity contribution in [1.82, 2.24) is 4.72 Å². The minimum atomic E-state index is -3.37. The van der Waals surface area contributed by atoms with E-state index in [0.29, 0.717) is 5.75 Å². The van der Waals surface area contributed by atoms with Gasteiger partial charge in [0, 0.05) is 6.54 Å². The summed E-state index contributed by atoms with van der Waals surface area (Å²) in [6.45, 7) is 2.39. The normalized spacial score (nSPS) is 11.2. The molecule has 0 fully saturated rings. The molecule has 0 heterocycles. The molecule has 124 valence electrons. The molecule has 0 amide bonds.